The Morgan fingerprint density at radius 2 is 1.78 bits per heavy atom. The average Bonchev–Trinajstić information content (AvgIpc) is 2.82. The second kappa shape index (κ2) is 6.28. The minimum Gasteiger partial charge on any atom is -0.310 e. The van der Waals surface area contributed by atoms with Crippen LogP contribution < -0.4 is 5.32 Å². The van der Waals surface area contributed by atoms with Crippen LogP contribution in [0.2, 0.25) is 0 Å². The van der Waals surface area contributed by atoms with Crippen LogP contribution in [-0.4, -0.2) is 6.54 Å². The molecule has 1 aliphatic rings. The molecule has 1 nitrogen and oxygen atoms in total. The van der Waals surface area contributed by atoms with Crippen LogP contribution in [0.25, 0.3) is 0 Å². The first-order chi connectivity index (χ1) is 8.70. The third-order valence-electron chi connectivity index (χ3n) is 3.73. The fraction of sp³-hybridized carbons (Fsp3) is 0.600. The summed E-state index contributed by atoms with van der Waals surface area (Å²) in [5, 5.41) is 3.45. The quantitative estimate of drug-likeness (QED) is 0.829. The zero-order chi connectivity index (χ0) is 13.0. The van der Waals surface area contributed by atoms with Crippen molar-refractivity contribution in [2.24, 2.45) is 5.92 Å². The summed E-state index contributed by atoms with van der Waals surface area (Å²) >= 11 is 0. The van der Waals surface area contributed by atoms with Gasteiger partial charge >= 0.3 is 0 Å². The first kappa shape index (κ1) is 13.5. The Kier molecular flexibility index (Phi) is 4.70. The molecule has 0 amide bonds. The van der Waals surface area contributed by atoms with E-state index in [0.717, 1.165) is 37.4 Å². The lowest BCUT2D eigenvalue weighted by molar-refractivity contribution is 0.365. The molecule has 0 bridgehead atoms. The lowest BCUT2D eigenvalue weighted by Gasteiger charge is -2.25. The van der Waals surface area contributed by atoms with Crippen molar-refractivity contribution in [2.75, 3.05) is 6.54 Å². The van der Waals surface area contributed by atoms with E-state index in [0.29, 0.717) is 5.92 Å². The van der Waals surface area contributed by atoms with Gasteiger partial charge in [-0.3, -0.25) is 0 Å². The van der Waals surface area contributed by atoms with Crippen LogP contribution in [0.3, 0.4) is 0 Å². The second-order valence-electron chi connectivity index (χ2n) is 5.18. The van der Waals surface area contributed by atoms with Gasteiger partial charge in [-0.05, 0) is 49.4 Å². The van der Waals surface area contributed by atoms with Gasteiger partial charge in [0.05, 0.1) is 0 Å². The van der Waals surface area contributed by atoms with Gasteiger partial charge < -0.3 is 5.32 Å². The normalized spacial score (nSPS) is 18.2. The predicted octanol–water partition coefficient (Wildman–Crippen LogP) is 4.20. The smallest absolute Gasteiger partial charge is 0.126 e. The lowest BCUT2D eigenvalue weighted by atomic mass is 9.91. The summed E-state index contributed by atoms with van der Waals surface area (Å²) in [4.78, 5) is 0. The van der Waals surface area contributed by atoms with Crippen molar-refractivity contribution in [3.63, 3.8) is 0 Å². The van der Waals surface area contributed by atoms with E-state index in [-0.39, 0.29) is 6.04 Å². The van der Waals surface area contributed by atoms with Crippen LogP contribution in [0.15, 0.2) is 18.2 Å². The summed E-state index contributed by atoms with van der Waals surface area (Å²) in [6, 6.07) is 3.97. The van der Waals surface area contributed by atoms with Gasteiger partial charge in [0, 0.05) is 12.1 Å². The molecule has 0 aliphatic heterocycles. The van der Waals surface area contributed by atoms with Gasteiger partial charge in [-0.25, -0.2) is 8.78 Å². The number of nitrogens with one attached hydrogen (secondary N) is 1. The van der Waals surface area contributed by atoms with Gasteiger partial charge in [-0.15, -0.1) is 0 Å². The van der Waals surface area contributed by atoms with Gasteiger partial charge in [0.1, 0.15) is 11.6 Å². The molecule has 1 saturated carbocycles. The Morgan fingerprint density at radius 3 is 2.33 bits per heavy atom. The molecular formula is C15H21F2N. The van der Waals surface area contributed by atoms with Crippen molar-refractivity contribution >= 4 is 0 Å². The highest BCUT2D eigenvalue weighted by molar-refractivity contribution is 5.22. The fourth-order valence-electron chi connectivity index (χ4n) is 2.90. The maximum atomic E-state index is 13.3. The molecular weight excluding hydrogens is 232 g/mol. The molecule has 1 atom stereocenters. The molecule has 0 aromatic heterocycles. The van der Waals surface area contributed by atoms with E-state index in [9.17, 15) is 8.78 Å². The molecule has 3 heteroatoms. The first-order valence-corrected chi connectivity index (χ1v) is 6.90. The number of halogens is 2. The Hall–Kier alpha value is -0.960. The van der Waals surface area contributed by atoms with Crippen molar-refractivity contribution in [2.45, 2.75) is 45.1 Å². The molecule has 0 radical (unpaired) electrons. The third-order valence-corrected chi connectivity index (χ3v) is 3.73. The molecule has 2 rings (SSSR count). The Labute approximate surface area is 108 Å². The van der Waals surface area contributed by atoms with Crippen LogP contribution in [0.4, 0.5) is 8.78 Å². The monoisotopic (exact) mass is 253 g/mol. The summed E-state index contributed by atoms with van der Waals surface area (Å²) in [5.74, 6) is -0.449. The van der Waals surface area contributed by atoms with E-state index < -0.39 is 11.6 Å². The van der Waals surface area contributed by atoms with Crippen molar-refractivity contribution in [3.8, 4) is 0 Å². The minimum atomic E-state index is -0.480. The molecule has 100 valence electrons. The molecule has 0 spiro atoms. The third kappa shape index (κ3) is 3.29. The van der Waals surface area contributed by atoms with Crippen molar-refractivity contribution < 1.29 is 8.78 Å². The van der Waals surface area contributed by atoms with Crippen LogP contribution in [0.5, 0.6) is 0 Å². The SMILES string of the molecule is CCCNC(c1cc(F)cc(F)c1)C1CCCC1. The molecule has 1 unspecified atom stereocenters. The zero-order valence-electron chi connectivity index (χ0n) is 10.9. The predicted molar refractivity (Wildman–Crippen MR) is 69.4 cm³/mol. The van der Waals surface area contributed by atoms with Crippen LogP contribution >= 0.6 is 0 Å². The van der Waals surface area contributed by atoms with Crippen LogP contribution in [0, 0.1) is 17.6 Å². The highest BCUT2D eigenvalue weighted by atomic mass is 19.1. The number of benzene rings is 1. The van der Waals surface area contributed by atoms with E-state index in [1.165, 1.54) is 25.0 Å². The first-order valence-electron chi connectivity index (χ1n) is 6.90. The van der Waals surface area contributed by atoms with Crippen molar-refractivity contribution in [1.29, 1.82) is 0 Å². The standard InChI is InChI=1S/C15H21F2N/c1-2-7-18-15(11-5-3-4-6-11)12-8-13(16)10-14(17)9-12/h8-11,15,18H,2-7H2,1H3. The number of hydrogen-bond donors (Lipinski definition) is 1. The molecule has 1 fully saturated rings. The van der Waals surface area contributed by atoms with Crippen molar-refractivity contribution in [1.82, 2.24) is 5.32 Å². The lowest BCUT2D eigenvalue weighted by Crippen LogP contribution is -2.28. The Morgan fingerprint density at radius 1 is 1.17 bits per heavy atom. The molecule has 18 heavy (non-hydrogen) atoms. The van der Waals surface area contributed by atoms with Crippen LogP contribution in [-0.2, 0) is 0 Å². The maximum Gasteiger partial charge on any atom is 0.126 e. The Bertz CT molecular complexity index is 366. The minimum absolute atomic E-state index is 0.0950. The molecule has 0 heterocycles. The average molecular weight is 253 g/mol. The molecule has 1 aromatic carbocycles. The van der Waals surface area contributed by atoms with E-state index in [2.05, 4.69) is 12.2 Å². The molecule has 1 aromatic rings. The van der Waals surface area contributed by atoms with Crippen LogP contribution in [0.1, 0.15) is 50.6 Å². The number of rotatable bonds is 5. The van der Waals surface area contributed by atoms with E-state index in [1.54, 1.807) is 0 Å². The van der Waals surface area contributed by atoms with Gasteiger partial charge in [-0.2, -0.15) is 0 Å². The zero-order valence-corrected chi connectivity index (χ0v) is 10.9. The largest absolute Gasteiger partial charge is 0.310 e. The molecule has 0 saturated heterocycles. The summed E-state index contributed by atoms with van der Waals surface area (Å²) in [6.45, 7) is 2.99. The maximum absolute atomic E-state index is 13.3. The van der Waals surface area contributed by atoms with Gasteiger partial charge in [0.15, 0.2) is 0 Å². The second-order valence-corrected chi connectivity index (χ2v) is 5.18. The Balaban J connectivity index is 2.20. The fourth-order valence-corrected chi connectivity index (χ4v) is 2.90. The van der Waals surface area contributed by atoms with Gasteiger partial charge in [0.25, 0.3) is 0 Å². The summed E-state index contributed by atoms with van der Waals surface area (Å²) in [6.07, 6.45) is 5.79. The summed E-state index contributed by atoms with van der Waals surface area (Å²) < 4.78 is 26.7. The highest BCUT2D eigenvalue weighted by Crippen LogP contribution is 2.36. The van der Waals surface area contributed by atoms with Crippen molar-refractivity contribution in [3.05, 3.63) is 35.4 Å². The molecule has 1 aliphatic carbocycles. The van der Waals surface area contributed by atoms with Gasteiger partial charge in [-0.1, -0.05) is 19.8 Å². The summed E-state index contributed by atoms with van der Waals surface area (Å²) in [5.41, 5.74) is 0.757. The van der Waals surface area contributed by atoms with E-state index in [4.69, 9.17) is 0 Å². The topological polar surface area (TPSA) is 12.0 Å². The van der Waals surface area contributed by atoms with E-state index in [1.807, 2.05) is 0 Å². The number of hydrogen-bond acceptors (Lipinski definition) is 1. The molecule has 1 N–H and O–H groups in total. The summed E-state index contributed by atoms with van der Waals surface area (Å²) in [7, 11) is 0. The highest BCUT2D eigenvalue weighted by Gasteiger charge is 2.26. The van der Waals surface area contributed by atoms with E-state index >= 15 is 0 Å². The van der Waals surface area contributed by atoms with Gasteiger partial charge in [0.2, 0.25) is 0 Å².